The molecule has 0 aliphatic carbocycles. The van der Waals surface area contributed by atoms with Gasteiger partial charge in [0.1, 0.15) is 17.1 Å². The van der Waals surface area contributed by atoms with Gasteiger partial charge in [0.15, 0.2) is 0 Å². The van der Waals surface area contributed by atoms with E-state index in [9.17, 15) is 18.8 Å². The van der Waals surface area contributed by atoms with Crippen molar-refractivity contribution in [3.63, 3.8) is 0 Å². The van der Waals surface area contributed by atoms with Crippen LogP contribution in [0.4, 0.5) is 10.1 Å². The van der Waals surface area contributed by atoms with Crippen molar-refractivity contribution in [3.8, 4) is 0 Å². The number of fused-ring (bicyclic) bond motifs is 1. The minimum Gasteiger partial charge on any atom is -0.468 e. The molecule has 1 aromatic heterocycles. The SMILES string of the molecule is COC(=O)[C@]1(C)N[C@H](c2ccco2)[C@@H]2C(=O)N(c3ccccc3F)C(=O)[C@H]21. The Kier molecular flexibility index (Phi) is 3.88. The van der Waals surface area contributed by atoms with Gasteiger partial charge in [-0.2, -0.15) is 0 Å². The highest BCUT2D eigenvalue weighted by Gasteiger charge is 2.67. The minimum atomic E-state index is -1.45. The summed E-state index contributed by atoms with van der Waals surface area (Å²) >= 11 is 0. The Labute approximate surface area is 154 Å². The first-order valence-electron chi connectivity index (χ1n) is 8.42. The van der Waals surface area contributed by atoms with Crippen LogP contribution in [0, 0.1) is 17.7 Å². The molecule has 4 rings (SSSR count). The van der Waals surface area contributed by atoms with Gasteiger partial charge in [-0.3, -0.25) is 19.7 Å². The van der Waals surface area contributed by atoms with Gasteiger partial charge < -0.3 is 9.15 Å². The lowest BCUT2D eigenvalue weighted by molar-refractivity contribution is -0.151. The number of carbonyl (C=O) groups is 3. The number of esters is 1. The van der Waals surface area contributed by atoms with E-state index in [1.165, 1.54) is 44.6 Å². The number of hydrogen-bond acceptors (Lipinski definition) is 6. The van der Waals surface area contributed by atoms with Gasteiger partial charge in [0.2, 0.25) is 11.8 Å². The molecule has 0 bridgehead atoms. The highest BCUT2D eigenvalue weighted by Crippen LogP contribution is 2.50. The van der Waals surface area contributed by atoms with Crippen molar-refractivity contribution in [2.75, 3.05) is 12.0 Å². The summed E-state index contributed by atoms with van der Waals surface area (Å²) in [6.45, 7) is 1.51. The molecule has 7 nitrogen and oxygen atoms in total. The molecule has 1 N–H and O–H groups in total. The number of furan rings is 1. The van der Waals surface area contributed by atoms with Crippen molar-refractivity contribution in [2.45, 2.75) is 18.5 Å². The van der Waals surface area contributed by atoms with Gasteiger partial charge in [-0.1, -0.05) is 12.1 Å². The van der Waals surface area contributed by atoms with Gasteiger partial charge >= 0.3 is 5.97 Å². The van der Waals surface area contributed by atoms with Crippen molar-refractivity contribution in [2.24, 2.45) is 11.8 Å². The number of imide groups is 1. The third kappa shape index (κ3) is 2.33. The summed E-state index contributed by atoms with van der Waals surface area (Å²) in [5.41, 5.74) is -1.59. The molecule has 140 valence electrons. The number of amides is 2. The zero-order valence-electron chi connectivity index (χ0n) is 14.6. The lowest BCUT2D eigenvalue weighted by Crippen LogP contribution is -2.54. The fraction of sp³-hybridized carbons (Fsp3) is 0.316. The second kappa shape index (κ2) is 6.02. The van der Waals surface area contributed by atoms with Crippen LogP contribution in [0.2, 0.25) is 0 Å². The fourth-order valence-corrected chi connectivity index (χ4v) is 4.12. The van der Waals surface area contributed by atoms with E-state index in [0.717, 1.165) is 4.90 Å². The maximum absolute atomic E-state index is 14.3. The number of halogens is 1. The predicted molar refractivity (Wildman–Crippen MR) is 90.9 cm³/mol. The van der Waals surface area contributed by atoms with Crippen LogP contribution in [0.5, 0.6) is 0 Å². The lowest BCUT2D eigenvalue weighted by Gasteiger charge is -2.28. The summed E-state index contributed by atoms with van der Waals surface area (Å²) in [4.78, 5) is 39.6. The molecular formula is C19H17FN2O5. The number of benzene rings is 1. The van der Waals surface area contributed by atoms with E-state index in [1.807, 2.05) is 0 Å². The average molecular weight is 372 g/mol. The number of rotatable bonds is 3. The van der Waals surface area contributed by atoms with E-state index in [2.05, 4.69) is 5.32 Å². The molecule has 2 aromatic rings. The molecule has 3 heterocycles. The number of nitrogens with zero attached hydrogens (tertiary/aromatic N) is 1. The summed E-state index contributed by atoms with van der Waals surface area (Å²) in [7, 11) is 1.21. The molecular weight excluding hydrogens is 355 g/mol. The van der Waals surface area contributed by atoms with Crippen LogP contribution in [0.3, 0.4) is 0 Å². The maximum Gasteiger partial charge on any atom is 0.326 e. The molecule has 27 heavy (non-hydrogen) atoms. The normalized spacial score (nSPS) is 29.9. The summed E-state index contributed by atoms with van der Waals surface area (Å²) in [6.07, 6.45) is 1.44. The molecule has 0 radical (unpaired) electrons. The van der Waals surface area contributed by atoms with Crippen LogP contribution in [0.25, 0.3) is 0 Å². The van der Waals surface area contributed by atoms with Crippen molar-refractivity contribution >= 4 is 23.5 Å². The third-order valence-electron chi connectivity index (χ3n) is 5.34. The van der Waals surface area contributed by atoms with Crippen molar-refractivity contribution in [1.82, 2.24) is 5.32 Å². The summed E-state index contributed by atoms with van der Waals surface area (Å²) in [5, 5.41) is 3.04. The summed E-state index contributed by atoms with van der Waals surface area (Å²) < 4.78 is 24.6. The van der Waals surface area contributed by atoms with E-state index >= 15 is 0 Å². The summed E-state index contributed by atoms with van der Waals surface area (Å²) in [5.74, 6) is -4.17. The standard InChI is InChI=1S/C19H17FN2O5/c1-19(18(25)26-2)14-13(15(21-19)12-8-5-9-27-12)16(23)22(17(14)24)11-7-4-3-6-10(11)20/h3-9,13-15,21H,1-2H3/t13-,14+,15-,19-/m1/s1. The molecule has 1 aromatic carbocycles. The number of anilines is 1. The third-order valence-corrected chi connectivity index (χ3v) is 5.34. The van der Waals surface area contributed by atoms with Crippen LogP contribution in [0.15, 0.2) is 47.1 Å². The van der Waals surface area contributed by atoms with E-state index in [1.54, 1.807) is 12.1 Å². The Morgan fingerprint density at radius 2 is 1.96 bits per heavy atom. The molecule has 2 amide bonds. The van der Waals surface area contributed by atoms with Gasteiger partial charge in [-0.15, -0.1) is 0 Å². The largest absolute Gasteiger partial charge is 0.468 e. The Bertz CT molecular complexity index is 928. The number of para-hydroxylation sites is 1. The molecule has 4 atom stereocenters. The Balaban J connectivity index is 1.84. The lowest BCUT2D eigenvalue weighted by atomic mass is 9.81. The first kappa shape index (κ1) is 17.4. The minimum absolute atomic E-state index is 0.132. The first-order chi connectivity index (χ1) is 12.9. The van der Waals surface area contributed by atoms with E-state index in [-0.39, 0.29) is 5.69 Å². The van der Waals surface area contributed by atoms with Gasteiger partial charge in [0.25, 0.3) is 0 Å². The smallest absolute Gasteiger partial charge is 0.326 e. The molecule has 2 aliphatic heterocycles. The molecule has 0 saturated carbocycles. The van der Waals surface area contributed by atoms with Crippen LogP contribution in [-0.2, 0) is 19.1 Å². The second-order valence-electron chi connectivity index (χ2n) is 6.80. The van der Waals surface area contributed by atoms with Gasteiger partial charge in [0, 0.05) is 0 Å². The second-order valence-corrected chi connectivity index (χ2v) is 6.80. The zero-order chi connectivity index (χ0) is 19.3. The quantitative estimate of drug-likeness (QED) is 0.653. The molecule has 0 unspecified atom stereocenters. The first-order valence-corrected chi connectivity index (χ1v) is 8.42. The zero-order valence-corrected chi connectivity index (χ0v) is 14.6. The van der Waals surface area contributed by atoms with Crippen molar-refractivity contribution in [3.05, 3.63) is 54.2 Å². The van der Waals surface area contributed by atoms with Crippen LogP contribution in [-0.4, -0.2) is 30.4 Å². The number of methoxy groups -OCH3 is 1. The number of hydrogen-bond donors (Lipinski definition) is 1. The van der Waals surface area contributed by atoms with E-state index in [0.29, 0.717) is 5.76 Å². The van der Waals surface area contributed by atoms with E-state index < -0.39 is 47.0 Å². The van der Waals surface area contributed by atoms with Crippen LogP contribution < -0.4 is 10.2 Å². The highest BCUT2D eigenvalue weighted by molar-refractivity contribution is 6.24. The number of carbonyl (C=O) groups excluding carboxylic acids is 3. The average Bonchev–Trinajstić information content (AvgIpc) is 3.34. The van der Waals surface area contributed by atoms with Gasteiger partial charge in [0.05, 0.1) is 36.9 Å². The number of nitrogens with one attached hydrogen (secondary N) is 1. The topological polar surface area (TPSA) is 88.8 Å². The maximum atomic E-state index is 14.3. The predicted octanol–water partition coefficient (Wildman–Crippen LogP) is 1.80. The Morgan fingerprint density at radius 3 is 2.59 bits per heavy atom. The Hall–Kier alpha value is -3.00. The molecule has 2 saturated heterocycles. The summed E-state index contributed by atoms with van der Waals surface area (Å²) in [6, 6.07) is 8.12. The molecule has 8 heteroatoms. The van der Waals surface area contributed by atoms with Crippen molar-refractivity contribution in [1.29, 1.82) is 0 Å². The number of ether oxygens (including phenoxy) is 1. The highest BCUT2D eigenvalue weighted by atomic mass is 19.1. The molecule has 2 fully saturated rings. The molecule has 0 spiro atoms. The Morgan fingerprint density at radius 1 is 1.22 bits per heavy atom. The van der Waals surface area contributed by atoms with Crippen LogP contribution >= 0.6 is 0 Å². The fourth-order valence-electron chi connectivity index (χ4n) is 4.12. The van der Waals surface area contributed by atoms with E-state index in [4.69, 9.17) is 9.15 Å². The van der Waals surface area contributed by atoms with Gasteiger partial charge in [-0.05, 0) is 31.2 Å². The van der Waals surface area contributed by atoms with Crippen molar-refractivity contribution < 1.29 is 27.9 Å². The monoisotopic (exact) mass is 372 g/mol. The van der Waals surface area contributed by atoms with Crippen LogP contribution in [0.1, 0.15) is 18.7 Å². The molecule has 2 aliphatic rings. The van der Waals surface area contributed by atoms with Gasteiger partial charge in [-0.25, -0.2) is 9.29 Å².